The monoisotopic (exact) mass is 543 g/mol. The highest BCUT2D eigenvalue weighted by Gasteiger charge is 2.24. The molecule has 4 aromatic rings. The molecule has 0 radical (unpaired) electrons. The minimum atomic E-state index is -0.197. The van der Waals surface area contributed by atoms with Gasteiger partial charge < -0.3 is 14.7 Å². The Bertz CT molecular complexity index is 1400. The van der Waals surface area contributed by atoms with Crippen LogP contribution in [-0.2, 0) is 6.42 Å². The molecule has 1 aliphatic heterocycles. The SMILES string of the molecule is CC(C)N1CCN(c2ccc(-c3cc(Oc4ccc5nc(C[C@@H]6CCCC[C@H]6O)sc5c4)ccn3)cn2)CC1. The number of aliphatic hydroxyl groups excluding tert-OH is 1. The summed E-state index contributed by atoms with van der Waals surface area (Å²) >= 11 is 1.70. The average molecular weight is 544 g/mol. The average Bonchev–Trinajstić information content (AvgIpc) is 3.36. The molecular formula is C31H37N5O2S. The third-order valence-electron chi connectivity index (χ3n) is 8.09. The van der Waals surface area contributed by atoms with E-state index in [1.165, 1.54) is 6.42 Å². The van der Waals surface area contributed by atoms with E-state index in [9.17, 15) is 5.11 Å². The van der Waals surface area contributed by atoms with Crippen molar-refractivity contribution in [2.45, 2.75) is 58.1 Å². The van der Waals surface area contributed by atoms with Crippen LogP contribution in [0, 0.1) is 5.92 Å². The predicted molar refractivity (Wildman–Crippen MR) is 158 cm³/mol. The van der Waals surface area contributed by atoms with Crippen molar-refractivity contribution in [3.63, 3.8) is 0 Å². The van der Waals surface area contributed by atoms with Crippen molar-refractivity contribution < 1.29 is 9.84 Å². The van der Waals surface area contributed by atoms with Crippen LogP contribution < -0.4 is 9.64 Å². The summed E-state index contributed by atoms with van der Waals surface area (Å²) in [6.45, 7) is 8.65. The first-order chi connectivity index (χ1) is 19.0. The Balaban J connectivity index is 1.12. The van der Waals surface area contributed by atoms with Crippen LogP contribution in [0.5, 0.6) is 11.5 Å². The van der Waals surface area contributed by atoms with Gasteiger partial charge in [-0.2, -0.15) is 0 Å². The molecule has 1 saturated carbocycles. The molecule has 0 spiro atoms. The zero-order valence-electron chi connectivity index (χ0n) is 22.8. The van der Waals surface area contributed by atoms with Crippen LogP contribution in [0.3, 0.4) is 0 Å². The Morgan fingerprint density at radius 1 is 0.974 bits per heavy atom. The van der Waals surface area contributed by atoms with Crippen LogP contribution in [0.15, 0.2) is 54.9 Å². The summed E-state index contributed by atoms with van der Waals surface area (Å²) in [5.74, 6) is 2.86. The zero-order chi connectivity index (χ0) is 26.8. The topological polar surface area (TPSA) is 74.6 Å². The Morgan fingerprint density at radius 2 is 1.79 bits per heavy atom. The normalized spacial score (nSPS) is 20.6. The van der Waals surface area contributed by atoms with Crippen molar-refractivity contribution in [2.75, 3.05) is 31.1 Å². The molecule has 0 bridgehead atoms. The van der Waals surface area contributed by atoms with Crippen LogP contribution in [-0.4, -0.2) is 63.3 Å². The van der Waals surface area contributed by atoms with Gasteiger partial charge in [0.15, 0.2) is 0 Å². The molecule has 3 aromatic heterocycles. The van der Waals surface area contributed by atoms with E-state index in [2.05, 4.69) is 46.8 Å². The number of aliphatic hydroxyl groups is 1. The minimum Gasteiger partial charge on any atom is -0.457 e. The number of pyridine rings is 2. The summed E-state index contributed by atoms with van der Waals surface area (Å²) in [4.78, 5) is 19.0. The number of ether oxygens (including phenoxy) is 1. The van der Waals surface area contributed by atoms with Crippen molar-refractivity contribution in [1.82, 2.24) is 19.9 Å². The fourth-order valence-electron chi connectivity index (χ4n) is 5.71. The maximum absolute atomic E-state index is 10.4. The lowest BCUT2D eigenvalue weighted by Crippen LogP contribution is -2.49. The summed E-state index contributed by atoms with van der Waals surface area (Å²) in [7, 11) is 0. The predicted octanol–water partition coefficient (Wildman–Crippen LogP) is 6.17. The van der Waals surface area contributed by atoms with Crippen LogP contribution >= 0.6 is 11.3 Å². The standard InChI is InChI=1S/C31H37N5O2S/c1-21(2)35-13-15-36(16-14-35)30-10-7-23(20-33-30)27-18-25(11-12-32-27)38-24-8-9-26-29(19-24)39-31(34-26)17-22-5-3-4-6-28(22)37/h7-12,18-22,28,37H,3-6,13-17H2,1-2H3/t22-,28+/m0/s1. The van der Waals surface area contributed by atoms with Gasteiger partial charge in [-0.15, -0.1) is 11.3 Å². The largest absolute Gasteiger partial charge is 0.457 e. The third-order valence-corrected chi connectivity index (χ3v) is 9.13. The number of aromatic nitrogens is 3. The van der Waals surface area contributed by atoms with E-state index in [1.54, 1.807) is 17.5 Å². The van der Waals surface area contributed by atoms with E-state index >= 15 is 0 Å². The molecule has 2 fully saturated rings. The van der Waals surface area contributed by atoms with Crippen molar-refractivity contribution in [3.05, 3.63) is 59.9 Å². The molecule has 1 saturated heterocycles. The number of thiazole rings is 1. The first-order valence-electron chi connectivity index (χ1n) is 14.2. The van der Waals surface area contributed by atoms with Crippen molar-refractivity contribution >= 4 is 27.4 Å². The smallest absolute Gasteiger partial charge is 0.131 e. The quantitative estimate of drug-likeness (QED) is 0.299. The summed E-state index contributed by atoms with van der Waals surface area (Å²) < 4.78 is 7.35. The highest BCUT2D eigenvalue weighted by molar-refractivity contribution is 7.18. The van der Waals surface area contributed by atoms with Gasteiger partial charge in [-0.25, -0.2) is 9.97 Å². The summed E-state index contributed by atoms with van der Waals surface area (Å²) in [6.07, 6.45) is 8.68. The zero-order valence-corrected chi connectivity index (χ0v) is 23.6. The molecule has 0 unspecified atom stereocenters. The molecule has 2 atom stereocenters. The van der Waals surface area contributed by atoms with Gasteiger partial charge in [-0.1, -0.05) is 12.8 Å². The molecule has 2 aliphatic rings. The molecule has 204 valence electrons. The number of fused-ring (bicyclic) bond motifs is 1. The fraction of sp³-hybridized carbons (Fsp3) is 0.452. The van der Waals surface area contributed by atoms with E-state index in [0.29, 0.717) is 12.0 Å². The van der Waals surface area contributed by atoms with E-state index in [4.69, 9.17) is 14.7 Å². The van der Waals surface area contributed by atoms with Crippen LogP contribution in [0.4, 0.5) is 5.82 Å². The van der Waals surface area contributed by atoms with Gasteiger partial charge in [0.05, 0.1) is 27.0 Å². The number of piperazine rings is 1. The molecule has 1 N–H and O–H groups in total. The van der Waals surface area contributed by atoms with Crippen molar-refractivity contribution in [3.8, 4) is 22.8 Å². The van der Waals surface area contributed by atoms with Crippen LogP contribution in [0.25, 0.3) is 21.5 Å². The Hall–Kier alpha value is -3.07. The van der Waals surface area contributed by atoms with Gasteiger partial charge >= 0.3 is 0 Å². The van der Waals surface area contributed by atoms with E-state index in [1.807, 2.05) is 30.5 Å². The summed E-state index contributed by atoms with van der Waals surface area (Å²) in [5.41, 5.74) is 2.79. The maximum Gasteiger partial charge on any atom is 0.131 e. The highest BCUT2D eigenvalue weighted by Crippen LogP contribution is 2.34. The first kappa shape index (κ1) is 26.2. The highest BCUT2D eigenvalue weighted by atomic mass is 32.1. The minimum absolute atomic E-state index is 0.197. The summed E-state index contributed by atoms with van der Waals surface area (Å²) in [6, 6.07) is 14.7. The third kappa shape index (κ3) is 6.08. The van der Waals surface area contributed by atoms with Crippen molar-refractivity contribution in [2.24, 2.45) is 5.92 Å². The maximum atomic E-state index is 10.4. The van der Waals surface area contributed by atoms with Gasteiger partial charge in [0.2, 0.25) is 0 Å². The lowest BCUT2D eigenvalue weighted by Gasteiger charge is -2.37. The fourth-order valence-corrected chi connectivity index (χ4v) is 6.80. The molecule has 1 aromatic carbocycles. The van der Waals surface area contributed by atoms with Crippen molar-refractivity contribution in [1.29, 1.82) is 0 Å². The van der Waals surface area contributed by atoms with Crippen LogP contribution in [0.1, 0.15) is 44.5 Å². The molecule has 39 heavy (non-hydrogen) atoms. The number of hydrogen-bond acceptors (Lipinski definition) is 8. The molecule has 0 amide bonds. The second-order valence-electron chi connectivity index (χ2n) is 11.1. The molecule has 4 heterocycles. The lowest BCUT2D eigenvalue weighted by molar-refractivity contribution is 0.0700. The molecule has 8 heteroatoms. The molecule has 1 aliphatic carbocycles. The Labute approximate surface area is 234 Å². The molecule has 6 rings (SSSR count). The second-order valence-corrected chi connectivity index (χ2v) is 12.2. The van der Waals surface area contributed by atoms with Gasteiger partial charge in [0.1, 0.15) is 17.3 Å². The Kier molecular flexibility index (Phi) is 7.77. The number of anilines is 1. The number of benzene rings is 1. The Morgan fingerprint density at radius 3 is 2.56 bits per heavy atom. The summed E-state index contributed by atoms with van der Waals surface area (Å²) in [5, 5.41) is 11.5. The van der Waals surface area contributed by atoms with Gasteiger partial charge in [-0.05, 0) is 62.9 Å². The van der Waals surface area contributed by atoms with Gasteiger partial charge in [0.25, 0.3) is 0 Å². The van der Waals surface area contributed by atoms with Crippen LogP contribution in [0.2, 0.25) is 0 Å². The van der Waals surface area contributed by atoms with Gasteiger partial charge in [-0.3, -0.25) is 9.88 Å². The van der Waals surface area contributed by atoms with E-state index in [-0.39, 0.29) is 6.10 Å². The second kappa shape index (κ2) is 11.6. The first-order valence-corrected chi connectivity index (χ1v) is 15.0. The molecular weight excluding hydrogens is 506 g/mol. The number of hydrogen-bond donors (Lipinski definition) is 1. The van der Waals surface area contributed by atoms with E-state index < -0.39 is 0 Å². The van der Waals surface area contributed by atoms with E-state index in [0.717, 1.165) is 95.7 Å². The number of rotatable bonds is 7. The lowest BCUT2D eigenvalue weighted by atomic mass is 9.84. The number of nitrogens with zero attached hydrogens (tertiary/aromatic N) is 5. The molecule has 7 nitrogen and oxygen atoms in total. The van der Waals surface area contributed by atoms with Gasteiger partial charge in [0, 0.05) is 68.7 Å².